The Morgan fingerprint density at radius 2 is 2.04 bits per heavy atom. The summed E-state index contributed by atoms with van der Waals surface area (Å²) in [6, 6.07) is 8.22. The van der Waals surface area contributed by atoms with Gasteiger partial charge >= 0.3 is 0 Å². The molecular weight excluding hydrogens is 319 g/mol. The molecule has 1 N–H and O–H groups in total. The van der Waals surface area contributed by atoms with Crippen LogP contribution in [-0.4, -0.2) is 20.7 Å². The number of aromatic nitrogens is 3. The van der Waals surface area contributed by atoms with Gasteiger partial charge in [0, 0.05) is 24.8 Å². The van der Waals surface area contributed by atoms with Gasteiger partial charge in [-0.2, -0.15) is 5.10 Å². The maximum absolute atomic E-state index is 13.8. The van der Waals surface area contributed by atoms with Gasteiger partial charge < -0.3 is 5.32 Å². The fourth-order valence-electron chi connectivity index (χ4n) is 2.85. The number of hydrogen-bond donors (Lipinski definition) is 1. The van der Waals surface area contributed by atoms with Gasteiger partial charge in [-0.05, 0) is 25.0 Å². The van der Waals surface area contributed by atoms with Crippen LogP contribution in [0, 0.1) is 12.7 Å². The van der Waals surface area contributed by atoms with Crippen molar-refractivity contribution in [1.29, 1.82) is 0 Å². The Hall–Kier alpha value is -2.76. The average Bonchev–Trinajstić information content (AvgIpc) is 2.87. The fourth-order valence-corrected chi connectivity index (χ4v) is 2.85. The molecule has 130 valence electrons. The lowest BCUT2D eigenvalue weighted by atomic mass is 10.0. The first-order valence-electron chi connectivity index (χ1n) is 8.24. The minimum atomic E-state index is -0.330. The zero-order valence-corrected chi connectivity index (χ0v) is 14.8. The highest BCUT2D eigenvalue weighted by Gasteiger charge is 2.19. The average molecular weight is 340 g/mol. The fraction of sp³-hybridized carbons (Fsp3) is 0.316. The van der Waals surface area contributed by atoms with Crippen LogP contribution in [0.3, 0.4) is 0 Å². The number of aryl methyl sites for hydroxylation is 2. The van der Waals surface area contributed by atoms with E-state index in [0.29, 0.717) is 16.8 Å². The van der Waals surface area contributed by atoms with Gasteiger partial charge in [0.15, 0.2) is 5.65 Å². The maximum atomic E-state index is 13.8. The van der Waals surface area contributed by atoms with Crippen molar-refractivity contribution in [2.45, 2.75) is 33.2 Å². The Balaban J connectivity index is 1.99. The second-order valence-corrected chi connectivity index (χ2v) is 6.43. The zero-order chi connectivity index (χ0) is 18.1. The summed E-state index contributed by atoms with van der Waals surface area (Å²) in [4.78, 5) is 17.4. The van der Waals surface area contributed by atoms with Crippen LogP contribution >= 0.6 is 0 Å². The quantitative estimate of drug-likeness (QED) is 0.791. The van der Waals surface area contributed by atoms with E-state index in [9.17, 15) is 9.18 Å². The normalized spacial score (nSPS) is 11.3. The number of nitrogens with one attached hydrogen (secondary N) is 1. The van der Waals surface area contributed by atoms with E-state index in [4.69, 9.17) is 0 Å². The third kappa shape index (κ3) is 3.24. The van der Waals surface area contributed by atoms with Crippen molar-refractivity contribution in [3.05, 3.63) is 58.7 Å². The molecule has 0 unspecified atom stereocenters. The Kier molecular flexibility index (Phi) is 4.53. The van der Waals surface area contributed by atoms with Gasteiger partial charge in [0.1, 0.15) is 5.82 Å². The molecule has 0 aliphatic rings. The molecule has 0 atom stereocenters. The molecule has 0 aliphatic heterocycles. The van der Waals surface area contributed by atoms with E-state index in [0.717, 1.165) is 16.8 Å². The lowest BCUT2D eigenvalue weighted by Gasteiger charge is -2.11. The van der Waals surface area contributed by atoms with Crippen molar-refractivity contribution < 1.29 is 9.18 Å². The summed E-state index contributed by atoms with van der Waals surface area (Å²) < 4.78 is 15.4. The Bertz CT molecular complexity index is 946. The van der Waals surface area contributed by atoms with Crippen LogP contribution < -0.4 is 5.32 Å². The molecule has 1 amide bonds. The van der Waals surface area contributed by atoms with Crippen LogP contribution in [-0.2, 0) is 13.6 Å². The van der Waals surface area contributed by atoms with Crippen LogP contribution in [0.4, 0.5) is 4.39 Å². The summed E-state index contributed by atoms with van der Waals surface area (Å²) in [7, 11) is 1.81. The van der Waals surface area contributed by atoms with Gasteiger partial charge in [-0.25, -0.2) is 9.37 Å². The molecule has 3 rings (SSSR count). The topological polar surface area (TPSA) is 59.8 Å². The van der Waals surface area contributed by atoms with Crippen LogP contribution in [0.25, 0.3) is 11.0 Å². The number of carbonyl (C=O) groups excluding carboxylic acids is 1. The minimum absolute atomic E-state index is 0.131. The van der Waals surface area contributed by atoms with Gasteiger partial charge in [-0.3, -0.25) is 9.48 Å². The molecule has 0 aliphatic carbocycles. The van der Waals surface area contributed by atoms with Crippen molar-refractivity contribution in [1.82, 2.24) is 20.1 Å². The molecule has 25 heavy (non-hydrogen) atoms. The predicted molar refractivity (Wildman–Crippen MR) is 94.9 cm³/mol. The SMILES string of the molecule is Cc1nn(C)c2nc(C(C)C)cc(C(=O)NCc3ccccc3F)c12. The Morgan fingerprint density at radius 3 is 2.72 bits per heavy atom. The summed E-state index contributed by atoms with van der Waals surface area (Å²) in [6.07, 6.45) is 0. The third-order valence-electron chi connectivity index (χ3n) is 4.22. The van der Waals surface area contributed by atoms with Crippen molar-refractivity contribution in [2.75, 3.05) is 0 Å². The second-order valence-electron chi connectivity index (χ2n) is 6.43. The van der Waals surface area contributed by atoms with Crippen LogP contribution in [0.5, 0.6) is 0 Å². The van der Waals surface area contributed by atoms with E-state index < -0.39 is 0 Å². The van der Waals surface area contributed by atoms with E-state index in [1.807, 2.05) is 27.8 Å². The van der Waals surface area contributed by atoms with E-state index in [-0.39, 0.29) is 24.2 Å². The molecule has 5 nitrogen and oxygen atoms in total. The van der Waals surface area contributed by atoms with E-state index in [2.05, 4.69) is 15.4 Å². The molecule has 0 saturated carbocycles. The molecule has 0 fully saturated rings. The largest absolute Gasteiger partial charge is 0.348 e. The van der Waals surface area contributed by atoms with Crippen molar-refractivity contribution >= 4 is 16.9 Å². The Labute approximate surface area is 145 Å². The highest BCUT2D eigenvalue weighted by molar-refractivity contribution is 6.06. The second kappa shape index (κ2) is 6.63. The molecule has 0 saturated heterocycles. The number of nitrogens with zero attached hydrogens (tertiary/aromatic N) is 3. The monoisotopic (exact) mass is 340 g/mol. The van der Waals surface area contributed by atoms with Gasteiger partial charge in [0.05, 0.1) is 16.6 Å². The van der Waals surface area contributed by atoms with Gasteiger partial charge in [0.2, 0.25) is 0 Å². The summed E-state index contributed by atoms with van der Waals surface area (Å²) in [6.45, 7) is 6.04. The highest BCUT2D eigenvalue weighted by Crippen LogP contribution is 2.25. The molecule has 0 bridgehead atoms. The first-order chi connectivity index (χ1) is 11.9. The lowest BCUT2D eigenvalue weighted by Crippen LogP contribution is -2.24. The molecule has 0 radical (unpaired) electrons. The molecule has 2 heterocycles. The van der Waals surface area contributed by atoms with Crippen LogP contribution in [0.1, 0.15) is 47.1 Å². The summed E-state index contributed by atoms with van der Waals surface area (Å²) in [5, 5.41) is 7.92. The molecule has 2 aromatic heterocycles. The molecule has 0 spiro atoms. The van der Waals surface area contributed by atoms with E-state index >= 15 is 0 Å². The van der Waals surface area contributed by atoms with Crippen LogP contribution in [0.2, 0.25) is 0 Å². The number of fused-ring (bicyclic) bond motifs is 1. The van der Waals surface area contributed by atoms with E-state index in [1.54, 1.807) is 28.9 Å². The van der Waals surface area contributed by atoms with Gasteiger partial charge in [-0.1, -0.05) is 32.0 Å². The number of hydrogen-bond acceptors (Lipinski definition) is 3. The van der Waals surface area contributed by atoms with Crippen molar-refractivity contribution in [3.63, 3.8) is 0 Å². The number of rotatable bonds is 4. The zero-order valence-electron chi connectivity index (χ0n) is 14.8. The minimum Gasteiger partial charge on any atom is -0.348 e. The number of benzene rings is 1. The summed E-state index contributed by atoms with van der Waals surface area (Å²) in [5.41, 5.74) is 3.23. The molecule has 3 aromatic rings. The van der Waals surface area contributed by atoms with Gasteiger partial charge in [0.25, 0.3) is 5.91 Å². The van der Waals surface area contributed by atoms with Crippen LogP contribution in [0.15, 0.2) is 30.3 Å². The van der Waals surface area contributed by atoms with Crippen molar-refractivity contribution in [3.8, 4) is 0 Å². The number of halogens is 1. The number of amides is 1. The first-order valence-corrected chi connectivity index (χ1v) is 8.24. The van der Waals surface area contributed by atoms with E-state index in [1.165, 1.54) is 6.07 Å². The first kappa shape index (κ1) is 17.1. The standard InChI is InChI=1S/C19H21FN4O/c1-11(2)16-9-14(17-12(3)23-24(4)18(17)22-16)19(25)21-10-13-7-5-6-8-15(13)20/h5-9,11H,10H2,1-4H3,(H,21,25). The Morgan fingerprint density at radius 1 is 1.32 bits per heavy atom. The highest BCUT2D eigenvalue weighted by atomic mass is 19.1. The smallest absolute Gasteiger partial charge is 0.252 e. The molecule has 6 heteroatoms. The predicted octanol–water partition coefficient (Wildman–Crippen LogP) is 3.47. The summed E-state index contributed by atoms with van der Waals surface area (Å²) in [5.74, 6) is -0.408. The lowest BCUT2D eigenvalue weighted by molar-refractivity contribution is 0.0952. The van der Waals surface area contributed by atoms with Crippen molar-refractivity contribution in [2.24, 2.45) is 7.05 Å². The third-order valence-corrected chi connectivity index (χ3v) is 4.22. The maximum Gasteiger partial charge on any atom is 0.252 e. The number of pyridine rings is 1. The number of carbonyl (C=O) groups is 1. The molecule has 1 aromatic carbocycles. The van der Waals surface area contributed by atoms with Gasteiger partial charge in [-0.15, -0.1) is 0 Å². The summed E-state index contributed by atoms with van der Waals surface area (Å²) >= 11 is 0. The molecular formula is C19H21FN4O.